The highest BCUT2D eigenvalue weighted by atomic mass is 35.5. The molecule has 8 nitrogen and oxygen atoms in total. The second kappa shape index (κ2) is 7.00. The van der Waals surface area contributed by atoms with Crippen LogP contribution in [0.5, 0.6) is 0 Å². The number of nitrogens with one attached hydrogen (secondary N) is 1. The lowest BCUT2D eigenvalue weighted by Crippen LogP contribution is -2.18. The molecule has 2 fully saturated rings. The predicted molar refractivity (Wildman–Crippen MR) is 111 cm³/mol. The molecular formula is C20H19ClFN7O. The van der Waals surface area contributed by atoms with E-state index in [1.807, 2.05) is 4.57 Å². The van der Waals surface area contributed by atoms with Crippen LogP contribution in [0, 0.1) is 17.7 Å². The molecule has 2 aromatic heterocycles. The molecule has 1 unspecified atom stereocenters. The molecule has 1 aromatic carbocycles. The average Bonchev–Trinajstić information content (AvgIpc) is 3.12. The Kier molecular flexibility index (Phi) is 4.41. The van der Waals surface area contributed by atoms with E-state index in [1.54, 1.807) is 17.1 Å². The number of rotatable bonds is 3. The predicted octanol–water partition coefficient (Wildman–Crippen LogP) is 1.98. The number of hydrogen-bond acceptors (Lipinski definition) is 5. The zero-order valence-corrected chi connectivity index (χ0v) is 16.7. The van der Waals surface area contributed by atoms with Crippen molar-refractivity contribution in [2.45, 2.75) is 31.3 Å². The maximum Gasteiger partial charge on any atom is 0.255 e. The van der Waals surface area contributed by atoms with Crippen molar-refractivity contribution >= 4 is 34.4 Å². The van der Waals surface area contributed by atoms with Crippen molar-refractivity contribution in [1.82, 2.24) is 24.6 Å². The Morgan fingerprint density at radius 1 is 1.30 bits per heavy atom. The van der Waals surface area contributed by atoms with Crippen LogP contribution in [0.25, 0.3) is 11.0 Å². The van der Waals surface area contributed by atoms with Gasteiger partial charge in [-0.3, -0.25) is 4.79 Å². The van der Waals surface area contributed by atoms with E-state index >= 15 is 0 Å². The number of nitrogens with two attached hydrogens (primary N) is 2. The summed E-state index contributed by atoms with van der Waals surface area (Å²) >= 11 is 6.27. The highest BCUT2D eigenvalue weighted by Crippen LogP contribution is 2.39. The van der Waals surface area contributed by atoms with Gasteiger partial charge in [-0.1, -0.05) is 17.5 Å². The number of primary amides is 1. The fraction of sp³-hybridized carbons (Fsp3) is 0.350. The van der Waals surface area contributed by atoms with E-state index in [9.17, 15) is 9.18 Å². The quantitative estimate of drug-likeness (QED) is 0.552. The standard InChI is InChI=1S/C20H19ClFN7O/c21-16-10(7-14-18(17(16)22)28(9-26-14)11-2-3-11)1-4-13-15(20(24)30)19(23)29(27-13)12-5-6-25-8-12/h7,9,11-12,25H,2-3,5-6,8,23H2,(H2,24,30). The van der Waals surface area contributed by atoms with E-state index in [0.717, 1.165) is 25.8 Å². The maximum atomic E-state index is 15.0. The van der Waals surface area contributed by atoms with Gasteiger partial charge in [0, 0.05) is 18.2 Å². The molecule has 0 bridgehead atoms. The van der Waals surface area contributed by atoms with Gasteiger partial charge in [0.2, 0.25) is 0 Å². The molecular weight excluding hydrogens is 409 g/mol. The molecule has 0 radical (unpaired) electrons. The highest BCUT2D eigenvalue weighted by molar-refractivity contribution is 6.32. The first-order chi connectivity index (χ1) is 14.5. The van der Waals surface area contributed by atoms with E-state index in [2.05, 4.69) is 27.2 Å². The third-order valence-electron chi connectivity index (χ3n) is 5.57. The second-order valence-corrected chi connectivity index (χ2v) is 8.00. The number of hydrogen-bond donors (Lipinski definition) is 3. The molecule has 3 aromatic rings. The van der Waals surface area contributed by atoms with Crippen molar-refractivity contribution in [3.8, 4) is 11.8 Å². The fourth-order valence-electron chi connectivity index (χ4n) is 3.88. The minimum Gasteiger partial charge on any atom is -0.383 e. The van der Waals surface area contributed by atoms with Crippen LogP contribution in [-0.2, 0) is 0 Å². The SMILES string of the molecule is NC(=O)c1c(C#Cc2cc3ncn(C4CC4)c3c(F)c2Cl)nn(C2CCNC2)c1N. The van der Waals surface area contributed by atoms with Gasteiger partial charge in [0.05, 0.1) is 22.9 Å². The van der Waals surface area contributed by atoms with Crippen molar-refractivity contribution < 1.29 is 9.18 Å². The van der Waals surface area contributed by atoms with E-state index in [1.165, 1.54) is 0 Å². The zero-order valence-electron chi connectivity index (χ0n) is 16.0. The summed E-state index contributed by atoms with van der Waals surface area (Å²) in [6, 6.07) is 1.92. The summed E-state index contributed by atoms with van der Waals surface area (Å²) in [4.78, 5) is 16.2. The van der Waals surface area contributed by atoms with Gasteiger partial charge in [0.1, 0.15) is 16.9 Å². The maximum absolute atomic E-state index is 15.0. The largest absolute Gasteiger partial charge is 0.383 e. The lowest BCUT2D eigenvalue weighted by Gasteiger charge is -2.10. The monoisotopic (exact) mass is 427 g/mol. The number of imidazole rings is 1. The number of halogens is 2. The van der Waals surface area contributed by atoms with Crippen molar-refractivity contribution in [2.24, 2.45) is 5.73 Å². The highest BCUT2D eigenvalue weighted by Gasteiger charge is 2.28. The van der Waals surface area contributed by atoms with Gasteiger partial charge < -0.3 is 21.4 Å². The third-order valence-corrected chi connectivity index (χ3v) is 5.94. The number of nitrogen functional groups attached to an aromatic ring is 1. The summed E-state index contributed by atoms with van der Waals surface area (Å²) in [5.41, 5.74) is 13.0. The van der Waals surface area contributed by atoms with E-state index < -0.39 is 11.7 Å². The number of amides is 1. The Morgan fingerprint density at radius 2 is 2.10 bits per heavy atom. The third kappa shape index (κ3) is 3.00. The van der Waals surface area contributed by atoms with Crippen molar-refractivity contribution in [3.05, 3.63) is 40.1 Å². The first-order valence-electron chi connectivity index (χ1n) is 9.70. The Morgan fingerprint density at radius 3 is 2.77 bits per heavy atom. The summed E-state index contributed by atoms with van der Waals surface area (Å²) in [6.45, 7) is 1.52. The Balaban J connectivity index is 1.58. The van der Waals surface area contributed by atoms with E-state index in [0.29, 0.717) is 17.6 Å². The summed E-state index contributed by atoms with van der Waals surface area (Å²) in [6.07, 6.45) is 4.46. The van der Waals surface area contributed by atoms with Crippen LogP contribution < -0.4 is 16.8 Å². The molecule has 1 aliphatic heterocycles. The normalized spacial score (nSPS) is 18.5. The molecule has 0 spiro atoms. The van der Waals surface area contributed by atoms with Gasteiger partial charge in [-0.2, -0.15) is 5.10 Å². The van der Waals surface area contributed by atoms with Gasteiger partial charge in [0.15, 0.2) is 11.5 Å². The molecule has 1 atom stereocenters. The van der Waals surface area contributed by atoms with E-state index in [4.69, 9.17) is 23.1 Å². The number of carbonyl (C=O) groups is 1. The number of anilines is 1. The molecule has 154 valence electrons. The van der Waals surface area contributed by atoms with Crippen LogP contribution in [0.2, 0.25) is 5.02 Å². The molecule has 1 saturated heterocycles. The topological polar surface area (TPSA) is 117 Å². The van der Waals surface area contributed by atoms with Crippen LogP contribution >= 0.6 is 11.6 Å². The second-order valence-electron chi connectivity index (χ2n) is 7.62. The summed E-state index contributed by atoms with van der Waals surface area (Å²) < 4.78 is 18.4. The molecule has 3 heterocycles. The van der Waals surface area contributed by atoms with Crippen LogP contribution in [0.15, 0.2) is 12.4 Å². The van der Waals surface area contributed by atoms with Crippen molar-refractivity contribution in [2.75, 3.05) is 18.8 Å². The minimum absolute atomic E-state index is 0.0161. The van der Waals surface area contributed by atoms with Gasteiger partial charge >= 0.3 is 0 Å². The summed E-state index contributed by atoms with van der Waals surface area (Å²) in [5.74, 6) is 4.52. The van der Waals surface area contributed by atoms with Gasteiger partial charge in [0.25, 0.3) is 5.91 Å². The molecule has 5 N–H and O–H groups in total. The Bertz CT molecular complexity index is 1240. The number of aromatic nitrogens is 4. The minimum atomic E-state index is -0.718. The molecule has 2 aliphatic rings. The number of nitrogens with zero attached hydrogens (tertiary/aromatic N) is 4. The first kappa shape index (κ1) is 18.9. The molecule has 1 aliphatic carbocycles. The first-order valence-corrected chi connectivity index (χ1v) is 10.1. The van der Waals surface area contributed by atoms with Gasteiger partial charge in [-0.05, 0) is 37.8 Å². The van der Waals surface area contributed by atoms with Gasteiger partial charge in [-0.15, -0.1) is 0 Å². The summed E-state index contributed by atoms with van der Waals surface area (Å²) in [5, 5.41) is 7.53. The average molecular weight is 428 g/mol. The van der Waals surface area contributed by atoms with Crippen LogP contribution in [0.4, 0.5) is 10.2 Å². The van der Waals surface area contributed by atoms with Crippen LogP contribution in [0.3, 0.4) is 0 Å². The summed E-state index contributed by atoms with van der Waals surface area (Å²) in [7, 11) is 0. The van der Waals surface area contributed by atoms with E-state index in [-0.39, 0.29) is 39.7 Å². The lowest BCUT2D eigenvalue weighted by atomic mass is 10.1. The lowest BCUT2D eigenvalue weighted by molar-refractivity contribution is 0.100. The number of benzene rings is 1. The van der Waals surface area contributed by atoms with Crippen molar-refractivity contribution in [1.29, 1.82) is 0 Å². The molecule has 10 heteroatoms. The van der Waals surface area contributed by atoms with Crippen LogP contribution in [0.1, 0.15) is 53.0 Å². The Hall–Kier alpha value is -3.09. The molecule has 30 heavy (non-hydrogen) atoms. The number of carbonyl (C=O) groups excluding carboxylic acids is 1. The smallest absolute Gasteiger partial charge is 0.255 e. The zero-order chi connectivity index (χ0) is 21.0. The van der Waals surface area contributed by atoms with Crippen LogP contribution in [-0.4, -0.2) is 38.3 Å². The van der Waals surface area contributed by atoms with Gasteiger partial charge in [-0.25, -0.2) is 14.1 Å². The molecule has 1 saturated carbocycles. The molecule has 1 amide bonds. The van der Waals surface area contributed by atoms with Crippen molar-refractivity contribution in [3.63, 3.8) is 0 Å². The molecule has 5 rings (SSSR count). The Labute approximate surface area is 176 Å². The number of fused-ring (bicyclic) bond motifs is 1. The fourth-order valence-corrected chi connectivity index (χ4v) is 4.07.